The van der Waals surface area contributed by atoms with Crippen LogP contribution < -0.4 is 5.32 Å². The van der Waals surface area contributed by atoms with Crippen molar-refractivity contribution in [3.8, 4) is 0 Å². The van der Waals surface area contributed by atoms with Gasteiger partial charge in [-0.3, -0.25) is 10.1 Å². The quantitative estimate of drug-likeness (QED) is 0.854. The average molecular weight is 233 g/mol. The first kappa shape index (κ1) is 11.6. The molecule has 0 radical (unpaired) electrons. The summed E-state index contributed by atoms with van der Waals surface area (Å²) in [6.45, 7) is 4.01. The van der Waals surface area contributed by atoms with Crippen molar-refractivity contribution in [2.75, 3.05) is 11.9 Å². The van der Waals surface area contributed by atoms with E-state index in [1.807, 2.05) is 13.0 Å². The van der Waals surface area contributed by atoms with Crippen LogP contribution in [-0.2, 0) is 11.2 Å². The summed E-state index contributed by atoms with van der Waals surface area (Å²) in [4.78, 5) is 23.0. The SMILES string of the molecule is CCOC(=O)Nc1ccc2c(c1)CC(C)C2=O. The van der Waals surface area contributed by atoms with Gasteiger partial charge in [-0.1, -0.05) is 6.92 Å². The lowest BCUT2D eigenvalue weighted by atomic mass is 10.1. The molecule has 0 saturated carbocycles. The summed E-state index contributed by atoms with van der Waals surface area (Å²) in [7, 11) is 0. The van der Waals surface area contributed by atoms with E-state index in [2.05, 4.69) is 5.32 Å². The summed E-state index contributed by atoms with van der Waals surface area (Å²) in [6, 6.07) is 5.34. The van der Waals surface area contributed by atoms with E-state index in [4.69, 9.17) is 4.74 Å². The predicted octanol–water partition coefficient (Wildman–Crippen LogP) is 2.63. The number of benzene rings is 1. The minimum Gasteiger partial charge on any atom is -0.450 e. The van der Waals surface area contributed by atoms with Crippen LogP contribution in [-0.4, -0.2) is 18.5 Å². The minimum absolute atomic E-state index is 0.0443. The summed E-state index contributed by atoms with van der Waals surface area (Å²) in [5.41, 5.74) is 2.44. The van der Waals surface area contributed by atoms with Gasteiger partial charge in [0.1, 0.15) is 0 Å². The lowest BCUT2D eigenvalue weighted by molar-refractivity contribution is 0.0946. The highest BCUT2D eigenvalue weighted by atomic mass is 16.5. The van der Waals surface area contributed by atoms with Crippen LogP contribution in [0.5, 0.6) is 0 Å². The third-order valence-corrected chi connectivity index (χ3v) is 2.87. The van der Waals surface area contributed by atoms with E-state index >= 15 is 0 Å². The van der Waals surface area contributed by atoms with Crippen LogP contribution in [0.4, 0.5) is 10.5 Å². The van der Waals surface area contributed by atoms with Gasteiger partial charge in [0.15, 0.2) is 5.78 Å². The number of ether oxygens (including phenoxy) is 1. The van der Waals surface area contributed by atoms with Crippen LogP contribution in [0.2, 0.25) is 0 Å². The first-order valence-electron chi connectivity index (χ1n) is 5.72. The maximum Gasteiger partial charge on any atom is 0.411 e. The second-order valence-electron chi connectivity index (χ2n) is 4.19. The second-order valence-corrected chi connectivity index (χ2v) is 4.19. The molecular weight excluding hydrogens is 218 g/mol. The first-order valence-corrected chi connectivity index (χ1v) is 5.72. The fourth-order valence-corrected chi connectivity index (χ4v) is 2.05. The zero-order valence-corrected chi connectivity index (χ0v) is 9.95. The van der Waals surface area contributed by atoms with E-state index in [0.29, 0.717) is 12.3 Å². The number of rotatable bonds is 2. The topological polar surface area (TPSA) is 55.4 Å². The maximum absolute atomic E-state index is 11.7. The van der Waals surface area contributed by atoms with Gasteiger partial charge in [0.2, 0.25) is 0 Å². The number of hydrogen-bond acceptors (Lipinski definition) is 3. The van der Waals surface area contributed by atoms with Crippen LogP contribution in [0.1, 0.15) is 29.8 Å². The Morgan fingerprint density at radius 3 is 3.00 bits per heavy atom. The third kappa shape index (κ3) is 2.30. The van der Waals surface area contributed by atoms with Crippen molar-refractivity contribution in [1.82, 2.24) is 0 Å². The largest absolute Gasteiger partial charge is 0.450 e. The molecule has 4 nitrogen and oxygen atoms in total. The van der Waals surface area contributed by atoms with Crippen molar-refractivity contribution in [1.29, 1.82) is 0 Å². The van der Waals surface area contributed by atoms with Crippen molar-refractivity contribution >= 4 is 17.6 Å². The molecule has 1 aromatic carbocycles. The number of ketones is 1. The lowest BCUT2D eigenvalue weighted by Crippen LogP contribution is -2.13. The Balaban J connectivity index is 2.16. The zero-order chi connectivity index (χ0) is 12.4. The van der Waals surface area contributed by atoms with Crippen LogP contribution in [0.3, 0.4) is 0 Å². The molecule has 1 unspecified atom stereocenters. The van der Waals surface area contributed by atoms with E-state index < -0.39 is 6.09 Å². The summed E-state index contributed by atoms with van der Waals surface area (Å²) in [5.74, 6) is 0.227. The highest BCUT2D eigenvalue weighted by Gasteiger charge is 2.26. The van der Waals surface area contributed by atoms with Gasteiger partial charge in [-0.25, -0.2) is 4.79 Å². The van der Waals surface area contributed by atoms with Gasteiger partial charge < -0.3 is 4.74 Å². The van der Waals surface area contributed by atoms with Gasteiger partial charge in [0.05, 0.1) is 6.61 Å². The van der Waals surface area contributed by atoms with Gasteiger partial charge in [0.25, 0.3) is 0 Å². The number of fused-ring (bicyclic) bond motifs is 1. The van der Waals surface area contributed by atoms with E-state index in [0.717, 1.165) is 17.5 Å². The third-order valence-electron chi connectivity index (χ3n) is 2.87. The van der Waals surface area contributed by atoms with Crippen LogP contribution >= 0.6 is 0 Å². The van der Waals surface area contributed by atoms with Gasteiger partial charge in [-0.05, 0) is 37.1 Å². The molecule has 17 heavy (non-hydrogen) atoms. The lowest BCUT2D eigenvalue weighted by Gasteiger charge is -2.06. The molecule has 1 aromatic rings. The number of anilines is 1. The Hall–Kier alpha value is -1.84. The molecule has 4 heteroatoms. The fraction of sp³-hybridized carbons (Fsp3) is 0.385. The van der Waals surface area contributed by atoms with Crippen LogP contribution in [0, 0.1) is 5.92 Å². The number of nitrogens with one attached hydrogen (secondary N) is 1. The number of Topliss-reactive ketones (excluding diaryl/α,β-unsaturated/α-hetero) is 1. The Morgan fingerprint density at radius 2 is 2.29 bits per heavy atom. The Kier molecular flexibility index (Phi) is 3.13. The summed E-state index contributed by atoms with van der Waals surface area (Å²) < 4.78 is 4.79. The standard InChI is InChI=1S/C13H15NO3/c1-3-17-13(16)14-10-4-5-11-9(7-10)6-8(2)12(11)15/h4-5,7-8H,3,6H2,1-2H3,(H,14,16). The van der Waals surface area contributed by atoms with Crippen molar-refractivity contribution in [3.05, 3.63) is 29.3 Å². The van der Waals surface area contributed by atoms with E-state index in [1.165, 1.54) is 0 Å². The van der Waals surface area contributed by atoms with Crippen molar-refractivity contribution < 1.29 is 14.3 Å². The van der Waals surface area contributed by atoms with Gasteiger partial charge in [-0.2, -0.15) is 0 Å². The monoisotopic (exact) mass is 233 g/mol. The van der Waals surface area contributed by atoms with Gasteiger partial charge in [0, 0.05) is 17.2 Å². The normalized spacial score (nSPS) is 17.8. The summed E-state index contributed by atoms with van der Waals surface area (Å²) in [5, 5.41) is 2.63. The highest BCUT2D eigenvalue weighted by molar-refractivity contribution is 6.02. The molecular formula is C13H15NO3. The van der Waals surface area contributed by atoms with Crippen molar-refractivity contribution in [2.24, 2.45) is 5.92 Å². The molecule has 1 aliphatic rings. The van der Waals surface area contributed by atoms with Crippen molar-refractivity contribution in [2.45, 2.75) is 20.3 Å². The first-order chi connectivity index (χ1) is 8.11. The molecule has 0 spiro atoms. The van der Waals surface area contributed by atoms with E-state index in [-0.39, 0.29) is 11.7 Å². The summed E-state index contributed by atoms with van der Waals surface area (Å²) >= 11 is 0. The molecule has 1 amide bonds. The average Bonchev–Trinajstić information content (AvgIpc) is 2.55. The van der Waals surface area contributed by atoms with E-state index in [9.17, 15) is 9.59 Å². The number of hydrogen-bond donors (Lipinski definition) is 1. The molecule has 0 bridgehead atoms. The Labute approximate surface area is 100.0 Å². The molecule has 1 atom stereocenters. The molecule has 0 aromatic heterocycles. The van der Waals surface area contributed by atoms with Crippen molar-refractivity contribution in [3.63, 3.8) is 0 Å². The molecule has 0 saturated heterocycles. The Morgan fingerprint density at radius 1 is 1.53 bits per heavy atom. The minimum atomic E-state index is -0.468. The molecule has 0 heterocycles. The molecule has 90 valence electrons. The predicted molar refractivity (Wildman–Crippen MR) is 64.3 cm³/mol. The molecule has 0 aliphatic heterocycles. The zero-order valence-electron chi connectivity index (χ0n) is 9.95. The highest BCUT2D eigenvalue weighted by Crippen LogP contribution is 2.28. The maximum atomic E-state index is 11.7. The molecule has 1 N–H and O–H groups in total. The van der Waals surface area contributed by atoms with E-state index in [1.54, 1.807) is 19.1 Å². The van der Waals surface area contributed by atoms with Crippen LogP contribution in [0.15, 0.2) is 18.2 Å². The fourth-order valence-electron chi connectivity index (χ4n) is 2.05. The Bertz CT molecular complexity index is 468. The van der Waals surface area contributed by atoms with Crippen LogP contribution in [0.25, 0.3) is 0 Å². The smallest absolute Gasteiger partial charge is 0.411 e. The molecule has 2 rings (SSSR count). The molecule has 0 fully saturated rings. The number of carbonyl (C=O) groups excluding carboxylic acids is 2. The second kappa shape index (κ2) is 4.57. The van der Waals surface area contributed by atoms with Gasteiger partial charge in [-0.15, -0.1) is 0 Å². The number of carbonyl (C=O) groups is 2. The summed E-state index contributed by atoms with van der Waals surface area (Å²) in [6.07, 6.45) is 0.275. The van der Waals surface area contributed by atoms with Gasteiger partial charge >= 0.3 is 6.09 Å². The molecule has 1 aliphatic carbocycles. The number of amides is 1.